The van der Waals surface area contributed by atoms with Crippen molar-refractivity contribution in [3.8, 4) is 0 Å². The van der Waals surface area contributed by atoms with Crippen LogP contribution in [0, 0.1) is 0 Å². The number of aldehydes is 1. The summed E-state index contributed by atoms with van der Waals surface area (Å²) < 4.78 is 5.44. The van der Waals surface area contributed by atoms with Crippen molar-refractivity contribution in [2.24, 2.45) is 0 Å². The zero-order valence-electron chi connectivity index (χ0n) is 12.3. The molecule has 0 bridgehead atoms. The molecule has 6 nitrogen and oxygen atoms in total. The van der Waals surface area contributed by atoms with Gasteiger partial charge < -0.3 is 14.7 Å². The number of carbonyl (C=O) groups excluding carboxylic acids is 3. The second-order valence-corrected chi connectivity index (χ2v) is 5.64. The molecule has 6 heteroatoms. The monoisotopic (exact) mass is 303 g/mol. The SMILES string of the molecule is CCC1(O)COCC2=C(C(=O)C(=O)C=O)N3CCC=C3C=C21. The normalized spacial score (nSPS) is 26.9. The zero-order chi connectivity index (χ0) is 15.9. The lowest BCUT2D eigenvalue weighted by atomic mass is 9.80. The minimum Gasteiger partial charge on any atom is -0.383 e. The maximum atomic E-state index is 12.4. The number of aliphatic hydroxyl groups is 1. The van der Waals surface area contributed by atoms with Crippen molar-refractivity contribution in [2.75, 3.05) is 19.8 Å². The molecule has 1 saturated heterocycles. The van der Waals surface area contributed by atoms with Gasteiger partial charge in [0, 0.05) is 17.8 Å². The van der Waals surface area contributed by atoms with Gasteiger partial charge in [0.05, 0.1) is 18.9 Å². The molecule has 0 aromatic carbocycles. The molecule has 0 spiro atoms. The average molecular weight is 303 g/mol. The fraction of sp³-hybridized carbons (Fsp3) is 0.438. The van der Waals surface area contributed by atoms with E-state index in [4.69, 9.17) is 4.74 Å². The topological polar surface area (TPSA) is 83.9 Å². The molecule has 3 aliphatic rings. The van der Waals surface area contributed by atoms with Crippen molar-refractivity contribution in [1.29, 1.82) is 0 Å². The molecule has 0 aromatic rings. The third-order valence-electron chi connectivity index (χ3n) is 4.41. The first-order chi connectivity index (χ1) is 10.5. The molecule has 0 saturated carbocycles. The maximum absolute atomic E-state index is 12.4. The molecule has 3 rings (SSSR count). The minimum absolute atomic E-state index is 0.0308. The Morgan fingerprint density at radius 1 is 1.50 bits per heavy atom. The average Bonchev–Trinajstić information content (AvgIpc) is 3.00. The summed E-state index contributed by atoms with van der Waals surface area (Å²) in [5.74, 6) is -1.92. The van der Waals surface area contributed by atoms with Crippen molar-refractivity contribution >= 4 is 17.9 Å². The van der Waals surface area contributed by atoms with Crippen LogP contribution in [0.2, 0.25) is 0 Å². The van der Waals surface area contributed by atoms with Gasteiger partial charge >= 0.3 is 0 Å². The molecule has 116 valence electrons. The summed E-state index contributed by atoms with van der Waals surface area (Å²) in [6.45, 7) is 2.70. The summed E-state index contributed by atoms with van der Waals surface area (Å²) in [5, 5.41) is 10.8. The maximum Gasteiger partial charge on any atom is 0.267 e. The van der Waals surface area contributed by atoms with E-state index >= 15 is 0 Å². The van der Waals surface area contributed by atoms with Gasteiger partial charge in [0.1, 0.15) is 5.60 Å². The van der Waals surface area contributed by atoms with Crippen LogP contribution in [0.25, 0.3) is 0 Å². The van der Waals surface area contributed by atoms with E-state index in [9.17, 15) is 19.5 Å². The van der Waals surface area contributed by atoms with Crippen molar-refractivity contribution in [1.82, 2.24) is 4.90 Å². The van der Waals surface area contributed by atoms with Gasteiger partial charge in [-0.15, -0.1) is 0 Å². The van der Waals surface area contributed by atoms with Crippen LogP contribution in [0.3, 0.4) is 0 Å². The highest BCUT2D eigenvalue weighted by atomic mass is 16.5. The molecule has 22 heavy (non-hydrogen) atoms. The fourth-order valence-electron chi connectivity index (χ4n) is 3.17. The molecule has 0 aromatic heterocycles. The lowest BCUT2D eigenvalue weighted by Gasteiger charge is -2.41. The molecular formula is C16H17NO5. The molecule has 1 fully saturated rings. The lowest BCUT2D eigenvalue weighted by molar-refractivity contribution is -0.139. The molecular weight excluding hydrogens is 286 g/mol. The van der Waals surface area contributed by atoms with Crippen LogP contribution >= 0.6 is 0 Å². The highest BCUT2D eigenvalue weighted by Crippen LogP contribution is 2.41. The highest BCUT2D eigenvalue weighted by molar-refractivity contribution is 6.61. The second kappa shape index (κ2) is 5.30. The summed E-state index contributed by atoms with van der Waals surface area (Å²) in [6, 6.07) is 0. The predicted molar refractivity (Wildman–Crippen MR) is 76.7 cm³/mol. The van der Waals surface area contributed by atoms with E-state index in [1.807, 2.05) is 19.1 Å². The van der Waals surface area contributed by atoms with Gasteiger partial charge in [-0.3, -0.25) is 14.4 Å². The molecule has 1 atom stereocenters. The Bertz CT molecular complexity index is 657. The molecule has 0 amide bonds. The number of fused-ring (bicyclic) bond motifs is 2. The Kier molecular flexibility index (Phi) is 3.58. The van der Waals surface area contributed by atoms with Crippen molar-refractivity contribution in [3.63, 3.8) is 0 Å². The van der Waals surface area contributed by atoms with E-state index in [1.54, 1.807) is 4.90 Å². The Labute approximate surface area is 127 Å². The third-order valence-corrected chi connectivity index (χ3v) is 4.41. The minimum atomic E-state index is -1.18. The first-order valence-electron chi connectivity index (χ1n) is 7.29. The van der Waals surface area contributed by atoms with Crippen LogP contribution in [0.5, 0.6) is 0 Å². The van der Waals surface area contributed by atoms with Crippen LogP contribution in [0.4, 0.5) is 0 Å². The largest absolute Gasteiger partial charge is 0.383 e. The number of nitrogens with zero attached hydrogens (tertiary/aromatic N) is 1. The zero-order valence-corrected chi connectivity index (χ0v) is 12.3. The summed E-state index contributed by atoms with van der Waals surface area (Å²) in [6.07, 6.45) is 5.01. The van der Waals surface area contributed by atoms with Crippen LogP contribution in [0.1, 0.15) is 19.8 Å². The number of carbonyl (C=O) groups is 3. The predicted octanol–water partition coefficient (Wildman–Crippen LogP) is 0.278. The summed E-state index contributed by atoms with van der Waals surface area (Å²) in [7, 11) is 0. The van der Waals surface area contributed by atoms with Gasteiger partial charge in [0.15, 0.2) is 6.29 Å². The highest BCUT2D eigenvalue weighted by Gasteiger charge is 2.43. The van der Waals surface area contributed by atoms with Crippen LogP contribution in [-0.2, 0) is 19.1 Å². The number of ether oxygens (including phenoxy) is 1. The number of ketones is 2. The first-order valence-corrected chi connectivity index (χ1v) is 7.29. The Morgan fingerprint density at radius 3 is 2.95 bits per heavy atom. The van der Waals surface area contributed by atoms with Crippen LogP contribution < -0.4 is 0 Å². The summed E-state index contributed by atoms with van der Waals surface area (Å²) in [5.41, 5.74) is 0.904. The smallest absolute Gasteiger partial charge is 0.267 e. The Hall–Kier alpha value is -2.05. The van der Waals surface area contributed by atoms with E-state index in [0.717, 1.165) is 12.1 Å². The van der Waals surface area contributed by atoms with Gasteiger partial charge in [0.2, 0.25) is 0 Å². The van der Waals surface area contributed by atoms with E-state index in [2.05, 4.69) is 0 Å². The number of Topliss-reactive ketones (excluding diaryl/α,β-unsaturated/α-hetero) is 2. The van der Waals surface area contributed by atoms with Crippen LogP contribution in [0.15, 0.2) is 34.7 Å². The lowest BCUT2D eigenvalue weighted by Crippen LogP contribution is -2.46. The van der Waals surface area contributed by atoms with E-state index in [0.29, 0.717) is 24.1 Å². The Balaban J connectivity index is 2.17. The van der Waals surface area contributed by atoms with Gasteiger partial charge in [-0.05, 0) is 24.5 Å². The van der Waals surface area contributed by atoms with Gasteiger partial charge in [-0.1, -0.05) is 13.0 Å². The number of hydrogen-bond acceptors (Lipinski definition) is 6. The van der Waals surface area contributed by atoms with E-state index in [1.165, 1.54) is 0 Å². The van der Waals surface area contributed by atoms with E-state index in [-0.39, 0.29) is 25.2 Å². The fourth-order valence-corrected chi connectivity index (χ4v) is 3.17. The molecule has 3 heterocycles. The first kappa shape index (κ1) is 14.9. The second-order valence-electron chi connectivity index (χ2n) is 5.64. The van der Waals surface area contributed by atoms with Crippen molar-refractivity contribution < 1.29 is 24.2 Å². The van der Waals surface area contributed by atoms with Crippen molar-refractivity contribution in [3.05, 3.63) is 34.7 Å². The number of hydrogen-bond donors (Lipinski definition) is 1. The summed E-state index contributed by atoms with van der Waals surface area (Å²) >= 11 is 0. The molecule has 1 unspecified atom stereocenters. The Morgan fingerprint density at radius 2 is 2.27 bits per heavy atom. The number of rotatable bonds is 4. The van der Waals surface area contributed by atoms with Crippen LogP contribution in [-0.4, -0.2) is 53.2 Å². The number of allylic oxidation sites excluding steroid dienone is 2. The van der Waals surface area contributed by atoms with Crippen molar-refractivity contribution in [2.45, 2.75) is 25.4 Å². The van der Waals surface area contributed by atoms with Gasteiger partial charge in [-0.2, -0.15) is 0 Å². The summed E-state index contributed by atoms with van der Waals surface area (Å²) in [4.78, 5) is 36.4. The molecule has 1 N–H and O–H groups in total. The standard InChI is InChI=1S/C16H17NO5/c1-2-16(21)9-22-8-11-12(16)6-10-4-3-5-17(10)14(11)15(20)13(19)7-18/h4,6-7,21H,2-3,5,8-9H2,1H3. The molecule has 0 aliphatic carbocycles. The van der Waals surface area contributed by atoms with Gasteiger partial charge in [-0.25, -0.2) is 0 Å². The van der Waals surface area contributed by atoms with Gasteiger partial charge in [0.25, 0.3) is 11.6 Å². The molecule has 0 radical (unpaired) electrons. The molecule has 3 aliphatic heterocycles. The van der Waals surface area contributed by atoms with E-state index < -0.39 is 17.2 Å². The quantitative estimate of drug-likeness (QED) is 0.456. The third kappa shape index (κ3) is 2.07.